The lowest BCUT2D eigenvalue weighted by atomic mass is 10.0. The SMILES string of the molecule is Cc1ccnc(C(C)C)c1-n1c(=O)nc(N2CCNC[C@@H]2C)c2cc(F)c(-c3ccccc3CO)nc21. The minimum Gasteiger partial charge on any atom is -0.392 e. The van der Waals surface area contributed by atoms with Crippen molar-refractivity contribution in [1.29, 1.82) is 0 Å². The van der Waals surface area contributed by atoms with E-state index in [1.807, 2.05) is 38.7 Å². The standard InChI is InChI=1S/C28H31FN6O2/c1-16(2)23-25(17(3)9-10-31-23)35-27-21(26(33-28(35)37)34-12-11-30-14-18(34)4)13-22(29)24(32-27)20-8-6-5-7-19(20)15-36/h5-10,13,16,18,30,36H,11-12,14-15H2,1-4H3/t18-/m0/s1. The van der Waals surface area contributed by atoms with E-state index in [4.69, 9.17) is 4.98 Å². The number of piperazine rings is 1. The highest BCUT2D eigenvalue weighted by Crippen LogP contribution is 2.33. The Bertz CT molecular complexity index is 1530. The lowest BCUT2D eigenvalue weighted by molar-refractivity contribution is 0.282. The number of aliphatic hydroxyl groups is 1. The zero-order chi connectivity index (χ0) is 26.3. The van der Waals surface area contributed by atoms with Gasteiger partial charge in [-0.2, -0.15) is 4.98 Å². The lowest BCUT2D eigenvalue weighted by Gasteiger charge is -2.35. The fraction of sp³-hybridized carbons (Fsp3) is 0.357. The summed E-state index contributed by atoms with van der Waals surface area (Å²) >= 11 is 0. The zero-order valence-electron chi connectivity index (χ0n) is 21.5. The number of hydrogen-bond acceptors (Lipinski definition) is 7. The number of aromatic nitrogens is 4. The van der Waals surface area contributed by atoms with Crippen LogP contribution in [0.1, 0.15) is 43.5 Å². The highest BCUT2D eigenvalue weighted by atomic mass is 19.1. The smallest absolute Gasteiger partial charge is 0.355 e. The predicted octanol–water partition coefficient (Wildman–Crippen LogP) is 3.70. The van der Waals surface area contributed by atoms with Crippen molar-refractivity contribution >= 4 is 16.9 Å². The van der Waals surface area contributed by atoms with Gasteiger partial charge in [0.15, 0.2) is 5.65 Å². The van der Waals surface area contributed by atoms with Gasteiger partial charge < -0.3 is 15.3 Å². The summed E-state index contributed by atoms with van der Waals surface area (Å²) < 4.78 is 17.3. The molecule has 1 saturated heterocycles. The van der Waals surface area contributed by atoms with Crippen LogP contribution in [-0.4, -0.2) is 50.3 Å². The molecule has 1 atom stereocenters. The van der Waals surface area contributed by atoms with Crippen LogP contribution in [0.2, 0.25) is 0 Å². The fourth-order valence-electron chi connectivity index (χ4n) is 5.04. The second-order valence-corrected chi connectivity index (χ2v) is 9.82. The van der Waals surface area contributed by atoms with E-state index in [9.17, 15) is 9.90 Å². The molecule has 1 aliphatic rings. The highest BCUT2D eigenvalue weighted by Gasteiger charge is 2.27. The minimum atomic E-state index is -0.545. The molecule has 0 unspecified atom stereocenters. The Labute approximate surface area is 214 Å². The maximum atomic E-state index is 15.8. The lowest BCUT2D eigenvalue weighted by Crippen LogP contribution is -2.50. The Kier molecular flexibility index (Phi) is 6.74. The average molecular weight is 503 g/mol. The quantitative estimate of drug-likeness (QED) is 0.430. The molecule has 1 aromatic carbocycles. The molecule has 4 heterocycles. The number of nitrogens with one attached hydrogen (secondary N) is 1. The molecule has 3 aromatic heterocycles. The Hall–Kier alpha value is -3.69. The first kappa shape index (κ1) is 25.0. The molecule has 0 aliphatic carbocycles. The minimum absolute atomic E-state index is 0.0275. The Morgan fingerprint density at radius 1 is 1.22 bits per heavy atom. The van der Waals surface area contributed by atoms with Gasteiger partial charge in [-0.25, -0.2) is 18.7 Å². The number of hydrogen-bond donors (Lipinski definition) is 2. The summed E-state index contributed by atoms with van der Waals surface area (Å²) in [7, 11) is 0. The molecule has 0 bridgehead atoms. The first-order valence-electron chi connectivity index (χ1n) is 12.6. The van der Waals surface area contributed by atoms with Crippen molar-refractivity contribution in [1.82, 2.24) is 24.8 Å². The summed E-state index contributed by atoms with van der Waals surface area (Å²) in [4.78, 5) is 29.7. The molecule has 2 N–H and O–H groups in total. The molecule has 192 valence electrons. The fourth-order valence-corrected chi connectivity index (χ4v) is 5.04. The van der Waals surface area contributed by atoms with Crippen LogP contribution in [0.4, 0.5) is 10.2 Å². The van der Waals surface area contributed by atoms with Crippen LogP contribution in [0.25, 0.3) is 28.0 Å². The molecule has 9 heteroatoms. The first-order chi connectivity index (χ1) is 17.8. The largest absolute Gasteiger partial charge is 0.392 e. The van der Waals surface area contributed by atoms with Crippen LogP contribution >= 0.6 is 0 Å². The number of aliphatic hydroxyl groups excluding tert-OH is 1. The van der Waals surface area contributed by atoms with Crippen molar-refractivity contribution in [2.45, 2.75) is 46.3 Å². The van der Waals surface area contributed by atoms with Gasteiger partial charge in [0.2, 0.25) is 0 Å². The Morgan fingerprint density at radius 2 is 2.00 bits per heavy atom. The normalized spacial score (nSPS) is 16.1. The van der Waals surface area contributed by atoms with Crippen LogP contribution in [0.5, 0.6) is 0 Å². The van der Waals surface area contributed by atoms with E-state index < -0.39 is 11.5 Å². The van der Waals surface area contributed by atoms with Gasteiger partial charge >= 0.3 is 5.69 Å². The van der Waals surface area contributed by atoms with Crippen LogP contribution in [0, 0.1) is 12.7 Å². The summed E-state index contributed by atoms with van der Waals surface area (Å²) in [5.74, 6) is -0.0949. The summed E-state index contributed by atoms with van der Waals surface area (Å²) in [6, 6.07) is 10.3. The van der Waals surface area contributed by atoms with Gasteiger partial charge in [-0.15, -0.1) is 0 Å². The van der Waals surface area contributed by atoms with Gasteiger partial charge in [0.1, 0.15) is 17.3 Å². The van der Waals surface area contributed by atoms with Gasteiger partial charge in [-0.1, -0.05) is 38.1 Å². The first-order valence-corrected chi connectivity index (χ1v) is 12.6. The third kappa shape index (κ3) is 4.38. The Morgan fingerprint density at radius 3 is 2.73 bits per heavy atom. The monoisotopic (exact) mass is 502 g/mol. The number of nitrogens with zero attached hydrogens (tertiary/aromatic N) is 5. The average Bonchev–Trinajstić information content (AvgIpc) is 2.89. The summed E-state index contributed by atoms with van der Waals surface area (Å²) in [5, 5.41) is 13.7. The van der Waals surface area contributed by atoms with E-state index in [1.165, 1.54) is 10.6 Å². The van der Waals surface area contributed by atoms with Crippen molar-refractivity contribution in [2.24, 2.45) is 0 Å². The van der Waals surface area contributed by atoms with Crippen LogP contribution < -0.4 is 15.9 Å². The van der Waals surface area contributed by atoms with Crippen molar-refractivity contribution < 1.29 is 9.50 Å². The molecule has 5 rings (SSSR count). The molecular weight excluding hydrogens is 471 g/mol. The number of halogens is 1. The number of fused-ring (bicyclic) bond motifs is 1. The summed E-state index contributed by atoms with van der Waals surface area (Å²) in [6.45, 7) is 9.81. The van der Waals surface area contributed by atoms with Crippen LogP contribution in [0.15, 0.2) is 47.4 Å². The summed E-state index contributed by atoms with van der Waals surface area (Å²) in [6.07, 6.45) is 1.72. The number of rotatable bonds is 5. The van der Waals surface area contributed by atoms with Gasteiger partial charge in [0.25, 0.3) is 0 Å². The van der Waals surface area contributed by atoms with E-state index in [-0.39, 0.29) is 24.3 Å². The van der Waals surface area contributed by atoms with E-state index in [1.54, 1.807) is 30.5 Å². The topological polar surface area (TPSA) is 96.2 Å². The van der Waals surface area contributed by atoms with Gasteiger partial charge in [0, 0.05) is 37.4 Å². The van der Waals surface area contributed by atoms with Crippen molar-refractivity contribution in [3.05, 3.63) is 75.7 Å². The molecule has 0 amide bonds. The molecule has 37 heavy (non-hydrogen) atoms. The number of anilines is 1. The third-order valence-corrected chi connectivity index (χ3v) is 6.94. The molecule has 0 radical (unpaired) electrons. The second-order valence-electron chi connectivity index (χ2n) is 9.82. The van der Waals surface area contributed by atoms with Crippen molar-refractivity contribution in [3.63, 3.8) is 0 Å². The maximum absolute atomic E-state index is 15.8. The summed E-state index contributed by atoms with van der Waals surface area (Å²) in [5.41, 5.74) is 3.10. The molecule has 0 saturated carbocycles. The predicted molar refractivity (Wildman–Crippen MR) is 143 cm³/mol. The maximum Gasteiger partial charge on any atom is 0.355 e. The van der Waals surface area contributed by atoms with E-state index in [0.29, 0.717) is 40.2 Å². The van der Waals surface area contributed by atoms with Gasteiger partial charge in [-0.3, -0.25) is 4.98 Å². The molecule has 1 fully saturated rings. The van der Waals surface area contributed by atoms with E-state index in [2.05, 4.69) is 15.3 Å². The zero-order valence-corrected chi connectivity index (χ0v) is 21.5. The van der Waals surface area contributed by atoms with Gasteiger partial charge in [0.05, 0.1) is 23.4 Å². The number of pyridine rings is 2. The van der Waals surface area contributed by atoms with Crippen molar-refractivity contribution in [2.75, 3.05) is 24.5 Å². The molecular formula is C28H31FN6O2. The van der Waals surface area contributed by atoms with Gasteiger partial charge in [-0.05, 0) is 43.0 Å². The molecule has 1 aliphatic heterocycles. The molecule has 0 spiro atoms. The molecule has 8 nitrogen and oxygen atoms in total. The van der Waals surface area contributed by atoms with Crippen LogP contribution in [0.3, 0.4) is 0 Å². The third-order valence-electron chi connectivity index (χ3n) is 6.94. The Balaban J connectivity index is 1.90. The van der Waals surface area contributed by atoms with E-state index >= 15 is 4.39 Å². The van der Waals surface area contributed by atoms with Crippen molar-refractivity contribution in [3.8, 4) is 16.9 Å². The number of aryl methyl sites for hydroxylation is 1. The second kappa shape index (κ2) is 9.99. The van der Waals surface area contributed by atoms with Crippen LogP contribution in [-0.2, 0) is 6.61 Å². The highest BCUT2D eigenvalue weighted by molar-refractivity contribution is 5.90. The van der Waals surface area contributed by atoms with E-state index in [0.717, 1.165) is 24.3 Å². The number of benzene rings is 1. The molecule has 4 aromatic rings.